The van der Waals surface area contributed by atoms with Gasteiger partial charge in [-0.25, -0.2) is 0 Å². The van der Waals surface area contributed by atoms with Gasteiger partial charge < -0.3 is 9.84 Å². The van der Waals surface area contributed by atoms with E-state index in [1.54, 1.807) is 0 Å². The van der Waals surface area contributed by atoms with Crippen molar-refractivity contribution in [2.45, 2.75) is 32.0 Å². The third-order valence-electron chi connectivity index (χ3n) is 1.98. The number of carbonyl (C=O) groups is 1. The van der Waals surface area contributed by atoms with Gasteiger partial charge in [0.2, 0.25) is 0 Å². The summed E-state index contributed by atoms with van der Waals surface area (Å²) in [6.07, 6.45) is -0.0513. The van der Waals surface area contributed by atoms with Crippen LogP contribution in [0.4, 0.5) is 0 Å². The first-order valence-electron chi connectivity index (χ1n) is 3.46. The van der Waals surface area contributed by atoms with Gasteiger partial charge in [0, 0.05) is 0 Å². The molecule has 0 radical (unpaired) electrons. The van der Waals surface area contributed by atoms with Crippen molar-refractivity contribution in [1.82, 2.24) is 0 Å². The minimum atomic E-state index is -0.825. The number of rotatable bonds is 3. The second-order valence-corrected chi connectivity index (χ2v) is 2.66. The molecule has 0 aromatic rings. The van der Waals surface area contributed by atoms with Gasteiger partial charge in [-0.3, -0.25) is 4.79 Å². The van der Waals surface area contributed by atoms with E-state index in [-0.39, 0.29) is 5.78 Å². The standard InChI is InChI=1S/C7H12O3/c1-3-6(9)7(4-10-7)5(2)8/h6,9H,3-4H2,1-2H3/t6-,7-/m1/s1. The van der Waals surface area contributed by atoms with E-state index in [2.05, 4.69) is 0 Å². The molecule has 0 amide bonds. The number of carbonyl (C=O) groups excluding carboxylic acids is 1. The van der Waals surface area contributed by atoms with Crippen LogP contribution in [-0.2, 0) is 9.53 Å². The fourth-order valence-electron chi connectivity index (χ4n) is 1.04. The first-order valence-corrected chi connectivity index (χ1v) is 3.46. The Labute approximate surface area is 60.0 Å². The highest BCUT2D eigenvalue weighted by atomic mass is 16.6. The summed E-state index contributed by atoms with van der Waals surface area (Å²) < 4.78 is 4.91. The van der Waals surface area contributed by atoms with Crippen LogP contribution in [0.3, 0.4) is 0 Å². The van der Waals surface area contributed by atoms with Gasteiger partial charge in [-0.15, -0.1) is 0 Å². The van der Waals surface area contributed by atoms with E-state index in [4.69, 9.17) is 4.74 Å². The maximum atomic E-state index is 10.8. The van der Waals surface area contributed by atoms with Crippen molar-refractivity contribution in [3.8, 4) is 0 Å². The molecule has 1 aliphatic rings. The Bertz CT molecular complexity index is 149. The van der Waals surface area contributed by atoms with Crippen molar-refractivity contribution in [3.05, 3.63) is 0 Å². The highest BCUT2D eigenvalue weighted by Crippen LogP contribution is 2.33. The van der Waals surface area contributed by atoms with E-state index < -0.39 is 11.7 Å². The summed E-state index contributed by atoms with van der Waals surface area (Å²) in [4.78, 5) is 10.8. The van der Waals surface area contributed by atoms with Crippen molar-refractivity contribution in [2.24, 2.45) is 0 Å². The quantitative estimate of drug-likeness (QED) is 0.572. The van der Waals surface area contributed by atoms with Crippen LogP contribution < -0.4 is 0 Å². The van der Waals surface area contributed by atoms with Crippen LogP contribution in [0.25, 0.3) is 0 Å². The van der Waals surface area contributed by atoms with Gasteiger partial charge in [-0.2, -0.15) is 0 Å². The first kappa shape index (κ1) is 7.69. The summed E-state index contributed by atoms with van der Waals surface area (Å²) in [6.45, 7) is 3.67. The zero-order valence-corrected chi connectivity index (χ0v) is 6.26. The molecule has 0 saturated carbocycles. The van der Waals surface area contributed by atoms with Crippen molar-refractivity contribution < 1.29 is 14.6 Å². The molecule has 0 aromatic carbocycles. The number of ether oxygens (including phenoxy) is 1. The topological polar surface area (TPSA) is 49.8 Å². The molecule has 1 saturated heterocycles. The van der Waals surface area contributed by atoms with Crippen LogP contribution in [0.1, 0.15) is 20.3 Å². The van der Waals surface area contributed by atoms with Crippen LogP contribution in [0.5, 0.6) is 0 Å². The molecule has 10 heavy (non-hydrogen) atoms. The summed E-state index contributed by atoms with van der Waals surface area (Å²) in [5.41, 5.74) is -0.825. The Kier molecular flexibility index (Phi) is 1.79. The second kappa shape index (κ2) is 2.32. The van der Waals surface area contributed by atoms with Crippen LogP contribution in [0.15, 0.2) is 0 Å². The molecule has 2 atom stereocenters. The molecule has 3 nitrogen and oxygen atoms in total. The number of hydrogen-bond acceptors (Lipinski definition) is 3. The normalized spacial score (nSPS) is 33.5. The van der Waals surface area contributed by atoms with Gasteiger partial charge in [-0.05, 0) is 13.3 Å². The number of ketones is 1. The lowest BCUT2D eigenvalue weighted by atomic mass is 9.97. The predicted octanol–water partition coefficient (Wildman–Crippen LogP) is 0.115. The van der Waals surface area contributed by atoms with E-state index >= 15 is 0 Å². The number of aliphatic hydroxyl groups is 1. The van der Waals surface area contributed by atoms with Crippen LogP contribution in [0, 0.1) is 0 Å². The van der Waals surface area contributed by atoms with E-state index in [1.807, 2.05) is 6.92 Å². The van der Waals surface area contributed by atoms with Crippen LogP contribution in [0.2, 0.25) is 0 Å². The SMILES string of the molecule is CC[C@@H](O)[C@]1(C(C)=O)CO1. The number of epoxide rings is 1. The lowest BCUT2D eigenvalue weighted by Crippen LogP contribution is -2.35. The summed E-state index contributed by atoms with van der Waals surface area (Å²) in [6, 6.07) is 0. The second-order valence-electron chi connectivity index (χ2n) is 2.66. The van der Waals surface area contributed by atoms with Gasteiger partial charge >= 0.3 is 0 Å². The van der Waals surface area contributed by atoms with E-state index in [1.165, 1.54) is 6.92 Å². The van der Waals surface area contributed by atoms with E-state index in [0.29, 0.717) is 13.0 Å². The molecule has 0 aliphatic carbocycles. The minimum absolute atomic E-state index is 0.0677. The Morgan fingerprint density at radius 2 is 2.40 bits per heavy atom. The molecular formula is C7H12O3. The van der Waals surface area contributed by atoms with Gasteiger partial charge in [0.1, 0.15) is 0 Å². The highest BCUT2D eigenvalue weighted by Gasteiger charge is 2.54. The Morgan fingerprint density at radius 1 is 1.90 bits per heavy atom. The average molecular weight is 144 g/mol. The van der Waals surface area contributed by atoms with E-state index in [9.17, 15) is 9.90 Å². The first-order chi connectivity index (χ1) is 4.63. The molecule has 1 heterocycles. The van der Waals surface area contributed by atoms with Crippen LogP contribution >= 0.6 is 0 Å². The monoisotopic (exact) mass is 144 g/mol. The molecule has 1 aliphatic heterocycles. The van der Waals surface area contributed by atoms with Crippen LogP contribution in [-0.4, -0.2) is 29.2 Å². The van der Waals surface area contributed by atoms with Gasteiger partial charge in [0.25, 0.3) is 0 Å². The summed E-state index contributed by atoms with van der Waals surface area (Å²) in [5.74, 6) is -0.0677. The number of hydrogen-bond donors (Lipinski definition) is 1. The van der Waals surface area contributed by atoms with Crippen molar-refractivity contribution in [1.29, 1.82) is 0 Å². The highest BCUT2D eigenvalue weighted by molar-refractivity contribution is 5.88. The van der Waals surface area contributed by atoms with Crippen molar-refractivity contribution in [3.63, 3.8) is 0 Å². The Hall–Kier alpha value is -0.410. The maximum Gasteiger partial charge on any atom is 0.175 e. The third kappa shape index (κ3) is 0.954. The Balaban J connectivity index is 2.60. The summed E-state index contributed by atoms with van der Waals surface area (Å²) >= 11 is 0. The Morgan fingerprint density at radius 3 is 2.50 bits per heavy atom. The van der Waals surface area contributed by atoms with Gasteiger partial charge in [0.15, 0.2) is 11.4 Å². The lowest BCUT2D eigenvalue weighted by molar-refractivity contribution is -0.126. The molecule has 3 heteroatoms. The molecular weight excluding hydrogens is 132 g/mol. The molecule has 1 rings (SSSR count). The van der Waals surface area contributed by atoms with E-state index in [0.717, 1.165) is 0 Å². The molecule has 0 bridgehead atoms. The maximum absolute atomic E-state index is 10.8. The molecule has 0 aromatic heterocycles. The third-order valence-corrected chi connectivity index (χ3v) is 1.98. The van der Waals surface area contributed by atoms with Gasteiger partial charge in [-0.1, -0.05) is 6.92 Å². The molecule has 0 spiro atoms. The summed E-state index contributed by atoms with van der Waals surface area (Å²) in [5, 5.41) is 9.27. The van der Waals surface area contributed by atoms with Crippen molar-refractivity contribution in [2.75, 3.05) is 6.61 Å². The van der Waals surface area contributed by atoms with Gasteiger partial charge in [0.05, 0.1) is 12.7 Å². The number of aliphatic hydroxyl groups excluding tert-OH is 1. The zero-order chi connectivity index (χ0) is 7.78. The largest absolute Gasteiger partial charge is 0.390 e. The molecule has 0 unspecified atom stereocenters. The van der Waals surface area contributed by atoms with Crippen molar-refractivity contribution >= 4 is 5.78 Å². The molecule has 58 valence electrons. The average Bonchev–Trinajstić information content (AvgIpc) is 2.65. The predicted molar refractivity (Wildman–Crippen MR) is 35.7 cm³/mol. The minimum Gasteiger partial charge on any atom is -0.390 e. The lowest BCUT2D eigenvalue weighted by Gasteiger charge is -2.13. The summed E-state index contributed by atoms with van der Waals surface area (Å²) in [7, 11) is 0. The fourth-order valence-corrected chi connectivity index (χ4v) is 1.04. The zero-order valence-electron chi connectivity index (χ0n) is 6.26. The molecule has 1 N–H and O–H groups in total. The molecule has 1 fully saturated rings. The smallest absolute Gasteiger partial charge is 0.175 e. The number of Topliss-reactive ketones (excluding diaryl/α,β-unsaturated/α-hetero) is 1. The fraction of sp³-hybridized carbons (Fsp3) is 0.857.